The number of ketones is 1. The highest BCUT2D eigenvalue weighted by atomic mass is 32.1. The van der Waals surface area contributed by atoms with E-state index < -0.39 is 0 Å². The normalized spacial score (nSPS) is 15.1. The van der Waals surface area contributed by atoms with Gasteiger partial charge in [0.15, 0.2) is 16.6 Å². The zero-order chi connectivity index (χ0) is 26.2. The van der Waals surface area contributed by atoms with Crippen LogP contribution in [0, 0.1) is 0 Å². The molecule has 0 spiro atoms. The van der Waals surface area contributed by atoms with E-state index in [0.29, 0.717) is 40.3 Å². The number of thiazole rings is 1. The Morgan fingerprint density at radius 2 is 1.73 bits per heavy atom. The maximum Gasteiger partial charge on any atom is 0.206 e. The van der Waals surface area contributed by atoms with Gasteiger partial charge >= 0.3 is 0 Å². The zero-order valence-electron chi connectivity index (χ0n) is 21.4. The predicted molar refractivity (Wildman–Crippen MR) is 149 cm³/mol. The number of aliphatic hydroxyl groups is 1. The number of piperazine rings is 1. The minimum absolute atomic E-state index is 0.198. The number of rotatable bonds is 7. The number of carbonyl (C=O) groups excluding carboxylic acids is 1. The van der Waals surface area contributed by atoms with Crippen molar-refractivity contribution in [1.29, 1.82) is 0 Å². The summed E-state index contributed by atoms with van der Waals surface area (Å²) in [5, 5.41) is 12.9. The second kappa shape index (κ2) is 12.8. The topological polar surface area (TPSA) is 113 Å². The number of nitrogens with zero attached hydrogens (tertiary/aromatic N) is 3. The molecule has 1 aromatic heterocycles. The van der Waals surface area contributed by atoms with Crippen molar-refractivity contribution < 1.29 is 19.4 Å². The summed E-state index contributed by atoms with van der Waals surface area (Å²) in [6.45, 7) is 9.89. The molecule has 1 fully saturated rings. The number of fused-ring (bicyclic) bond motifs is 1. The molecule has 4 N–H and O–H groups in total. The van der Waals surface area contributed by atoms with Crippen LogP contribution in [0.3, 0.4) is 0 Å². The highest BCUT2D eigenvalue weighted by molar-refractivity contribution is 7.18. The Bertz CT molecular complexity index is 1180. The summed E-state index contributed by atoms with van der Waals surface area (Å²) in [5.41, 5.74) is 8.59. The van der Waals surface area contributed by atoms with E-state index in [1.54, 1.807) is 18.2 Å². The molecule has 0 bridgehead atoms. The number of anilines is 4. The third-order valence-electron chi connectivity index (χ3n) is 5.94. The lowest BCUT2D eigenvalue weighted by Gasteiger charge is -2.35. The molecule has 1 saturated heterocycles. The van der Waals surface area contributed by atoms with E-state index in [2.05, 4.69) is 46.1 Å². The average Bonchev–Trinajstić information content (AvgIpc) is 3.29. The summed E-state index contributed by atoms with van der Waals surface area (Å²) in [6, 6.07) is 13.3. The Hall–Kier alpha value is -3.34. The van der Waals surface area contributed by atoms with Crippen molar-refractivity contribution in [2.24, 2.45) is 0 Å². The van der Waals surface area contributed by atoms with Crippen LogP contribution >= 0.6 is 11.3 Å². The van der Waals surface area contributed by atoms with Crippen LogP contribution in [0.2, 0.25) is 0 Å². The van der Waals surface area contributed by atoms with Gasteiger partial charge in [-0.1, -0.05) is 31.6 Å². The number of aromatic nitrogens is 1. The first-order valence-corrected chi connectivity index (χ1v) is 13.5. The van der Waals surface area contributed by atoms with Crippen LogP contribution in [0.5, 0.6) is 11.5 Å². The molecule has 10 heteroatoms. The SMILES string of the molecule is CCC.Nc1nc(Nc2ccc(N3CCN(CCO)CC3)cc2)sc1C(=O)c1ccc2c(c1)OCCO2. The van der Waals surface area contributed by atoms with Crippen molar-refractivity contribution in [1.82, 2.24) is 9.88 Å². The van der Waals surface area contributed by atoms with E-state index in [0.717, 1.165) is 44.1 Å². The first-order chi connectivity index (χ1) is 18.0. The summed E-state index contributed by atoms with van der Waals surface area (Å²) in [4.78, 5) is 22.4. The van der Waals surface area contributed by atoms with Crippen LogP contribution in [0.15, 0.2) is 42.5 Å². The number of ether oxygens (including phenoxy) is 2. The number of nitrogens with two attached hydrogens (primary N) is 1. The van der Waals surface area contributed by atoms with Gasteiger partial charge in [0.25, 0.3) is 0 Å². The lowest BCUT2D eigenvalue weighted by molar-refractivity contribution is 0.104. The third-order valence-corrected chi connectivity index (χ3v) is 6.92. The first-order valence-electron chi connectivity index (χ1n) is 12.7. The van der Waals surface area contributed by atoms with Crippen molar-refractivity contribution in [3.8, 4) is 11.5 Å². The number of benzene rings is 2. The quantitative estimate of drug-likeness (QED) is 0.394. The minimum atomic E-state index is -0.198. The fourth-order valence-electron chi connectivity index (χ4n) is 4.11. The van der Waals surface area contributed by atoms with E-state index in [9.17, 15) is 4.79 Å². The minimum Gasteiger partial charge on any atom is -0.486 e. The Labute approximate surface area is 221 Å². The van der Waals surface area contributed by atoms with Gasteiger partial charge < -0.3 is 30.5 Å². The van der Waals surface area contributed by atoms with Crippen LogP contribution in [-0.2, 0) is 0 Å². The molecule has 2 aliphatic heterocycles. The van der Waals surface area contributed by atoms with Gasteiger partial charge in [0.2, 0.25) is 5.78 Å². The number of nitrogens with one attached hydrogen (secondary N) is 1. The molecule has 0 aliphatic carbocycles. The molecule has 198 valence electrons. The van der Waals surface area contributed by atoms with Crippen LogP contribution in [0.25, 0.3) is 0 Å². The average molecular weight is 526 g/mol. The van der Waals surface area contributed by atoms with Crippen molar-refractivity contribution in [2.45, 2.75) is 20.3 Å². The standard InChI is InChI=1S/C24H27N5O4S.C3H8/c25-23-22(21(31)16-1-6-19-20(15-16)33-14-13-32-19)34-24(27-23)26-17-2-4-18(5-3-17)29-9-7-28(8-10-29)11-12-30;1-3-2/h1-6,15,30H,7-14,25H2,(H,26,27);3H2,1-2H3. The molecule has 37 heavy (non-hydrogen) atoms. The van der Waals surface area contributed by atoms with E-state index in [-0.39, 0.29) is 18.2 Å². The molecule has 0 radical (unpaired) electrons. The monoisotopic (exact) mass is 525 g/mol. The van der Waals surface area contributed by atoms with E-state index in [1.165, 1.54) is 17.8 Å². The summed E-state index contributed by atoms with van der Waals surface area (Å²) in [6.07, 6.45) is 1.25. The molecule has 5 rings (SSSR count). The second-order valence-electron chi connectivity index (χ2n) is 8.85. The van der Waals surface area contributed by atoms with Gasteiger partial charge in [0.1, 0.15) is 23.9 Å². The fraction of sp³-hybridized carbons (Fsp3) is 0.407. The molecule has 0 atom stereocenters. The van der Waals surface area contributed by atoms with Gasteiger partial charge in [0.05, 0.1) is 6.61 Å². The van der Waals surface area contributed by atoms with Gasteiger partial charge in [-0.15, -0.1) is 0 Å². The van der Waals surface area contributed by atoms with Gasteiger partial charge in [0, 0.05) is 49.7 Å². The van der Waals surface area contributed by atoms with Crippen LogP contribution in [-0.4, -0.2) is 73.3 Å². The van der Waals surface area contributed by atoms with Crippen molar-refractivity contribution in [2.75, 3.05) is 68.5 Å². The highest BCUT2D eigenvalue weighted by Crippen LogP contribution is 2.34. The maximum absolute atomic E-state index is 13.0. The largest absolute Gasteiger partial charge is 0.486 e. The molecule has 0 unspecified atom stereocenters. The Balaban J connectivity index is 0.00000102. The summed E-state index contributed by atoms with van der Waals surface area (Å²) < 4.78 is 11.1. The summed E-state index contributed by atoms with van der Waals surface area (Å²) in [7, 11) is 0. The van der Waals surface area contributed by atoms with Crippen LogP contribution in [0.1, 0.15) is 35.5 Å². The fourth-order valence-corrected chi connectivity index (χ4v) is 4.98. The summed E-state index contributed by atoms with van der Waals surface area (Å²) >= 11 is 1.23. The number of hydrogen-bond acceptors (Lipinski definition) is 10. The van der Waals surface area contributed by atoms with Crippen molar-refractivity contribution in [3.63, 3.8) is 0 Å². The lowest BCUT2D eigenvalue weighted by Crippen LogP contribution is -2.47. The molecule has 0 saturated carbocycles. The molecule has 9 nitrogen and oxygen atoms in total. The van der Waals surface area contributed by atoms with Crippen LogP contribution in [0.4, 0.5) is 22.3 Å². The van der Waals surface area contributed by atoms with Gasteiger partial charge in [-0.05, 0) is 42.5 Å². The number of aliphatic hydroxyl groups excluding tert-OH is 1. The Kier molecular flexibility index (Phi) is 9.21. The number of β-amino-alcohol motifs (C(OH)–C–C–N with tert-alkyl or cyclic N) is 1. The molecular weight excluding hydrogens is 490 g/mol. The van der Waals surface area contributed by atoms with Crippen LogP contribution < -0.4 is 25.4 Å². The molecule has 3 aromatic rings. The second-order valence-corrected chi connectivity index (χ2v) is 9.85. The molecule has 2 aromatic carbocycles. The van der Waals surface area contributed by atoms with Crippen molar-refractivity contribution >= 4 is 39.4 Å². The molecule has 2 aliphatic rings. The first kappa shape index (κ1) is 26.7. The van der Waals surface area contributed by atoms with Gasteiger partial charge in [-0.3, -0.25) is 9.69 Å². The van der Waals surface area contributed by atoms with E-state index >= 15 is 0 Å². The zero-order valence-corrected chi connectivity index (χ0v) is 22.2. The van der Waals surface area contributed by atoms with Crippen molar-refractivity contribution in [3.05, 3.63) is 52.9 Å². The molecule has 3 heterocycles. The summed E-state index contributed by atoms with van der Waals surface area (Å²) in [5.74, 6) is 1.20. The predicted octanol–water partition coefficient (Wildman–Crippen LogP) is 4.00. The number of nitrogen functional groups attached to an aromatic ring is 1. The molecular formula is C27H35N5O4S. The van der Waals surface area contributed by atoms with E-state index in [1.807, 2.05) is 12.1 Å². The lowest BCUT2D eigenvalue weighted by atomic mass is 10.1. The number of carbonyl (C=O) groups is 1. The number of hydrogen-bond donors (Lipinski definition) is 3. The third kappa shape index (κ3) is 6.71. The molecule has 0 amide bonds. The Morgan fingerprint density at radius 3 is 2.41 bits per heavy atom. The highest BCUT2D eigenvalue weighted by Gasteiger charge is 2.21. The maximum atomic E-state index is 13.0. The van der Waals surface area contributed by atoms with Gasteiger partial charge in [-0.25, -0.2) is 4.98 Å². The smallest absolute Gasteiger partial charge is 0.206 e. The Morgan fingerprint density at radius 1 is 1.05 bits per heavy atom. The van der Waals surface area contributed by atoms with E-state index in [4.69, 9.17) is 20.3 Å². The van der Waals surface area contributed by atoms with Gasteiger partial charge in [-0.2, -0.15) is 0 Å².